The van der Waals surface area contributed by atoms with Crippen LogP contribution in [0.3, 0.4) is 0 Å². The van der Waals surface area contributed by atoms with Crippen LogP contribution in [0.15, 0.2) is 35.5 Å². The zero-order valence-corrected chi connectivity index (χ0v) is 10.9. The number of aliphatic hydroxyl groups excluding tert-OH is 1. The lowest BCUT2D eigenvalue weighted by Gasteiger charge is -2.16. The van der Waals surface area contributed by atoms with Crippen LogP contribution in [0.4, 0.5) is 0 Å². The van der Waals surface area contributed by atoms with Crippen molar-refractivity contribution >= 4 is 11.6 Å². The van der Waals surface area contributed by atoms with Gasteiger partial charge < -0.3 is 15.3 Å². The standard InChI is InChI=1S/C14H18N2O3/c1-2-11(9-17)15-14(18)13-8-12(16-19-13)10-6-4-3-5-7-10/h3-7,11,13,17H,2,8-9H2,1H3,(H,15,18). The molecule has 0 bridgehead atoms. The van der Waals surface area contributed by atoms with Gasteiger partial charge in [-0.2, -0.15) is 0 Å². The molecule has 0 aliphatic carbocycles. The molecule has 5 heteroatoms. The fourth-order valence-corrected chi connectivity index (χ4v) is 1.89. The maximum Gasteiger partial charge on any atom is 0.264 e. The lowest BCUT2D eigenvalue weighted by atomic mass is 10.0. The fourth-order valence-electron chi connectivity index (χ4n) is 1.89. The van der Waals surface area contributed by atoms with Crippen molar-refractivity contribution in [1.29, 1.82) is 0 Å². The highest BCUT2D eigenvalue weighted by Crippen LogP contribution is 2.16. The Balaban J connectivity index is 1.92. The molecule has 0 radical (unpaired) electrons. The van der Waals surface area contributed by atoms with Gasteiger partial charge in [0.25, 0.3) is 5.91 Å². The van der Waals surface area contributed by atoms with Crippen molar-refractivity contribution in [2.45, 2.75) is 31.9 Å². The summed E-state index contributed by atoms with van der Waals surface area (Å²) in [4.78, 5) is 17.1. The highest BCUT2D eigenvalue weighted by atomic mass is 16.6. The number of hydrogen-bond donors (Lipinski definition) is 2. The molecule has 0 fully saturated rings. The molecule has 19 heavy (non-hydrogen) atoms. The Kier molecular flexibility index (Phi) is 4.52. The first-order chi connectivity index (χ1) is 9.24. The van der Waals surface area contributed by atoms with Crippen LogP contribution in [0.2, 0.25) is 0 Å². The molecule has 1 aliphatic rings. The van der Waals surface area contributed by atoms with E-state index in [2.05, 4.69) is 10.5 Å². The average molecular weight is 262 g/mol. The van der Waals surface area contributed by atoms with Crippen molar-refractivity contribution < 1.29 is 14.7 Å². The summed E-state index contributed by atoms with van der Waals surface area (Å²) in [6.45, 7) is 1.84. The van der Waals surface area contributed by atoms with E-state index in [4.69, 9.17) is 9.94 Å². The van der Waals surface area contributed by atoms with Gasteiger partial charge in [-0.05, 0) is 12.0 Å². The first-order valence-electron chi connectivity index (χ1n) is 6.44. The van der Waals surface area contributed by atoms with Gasteiger partial charge in [-0.25, -0.2) is 0 Å². The van der Waals surface area contributed by atoms with E-state index in [1.807, 2.05) is 37.3 Å². The van der Waals surface area contributed by atoms with Crippen molar-refractivity contribution in [2.75, 3.05) is 6.61 Å². The molecule has 0 saturated carbocycles. The minimum atomic E-state index is -0.601. The monoisotopic (exact) mass is 262 g/mol. The first-order valence-corrected chi connectivity index (χ1v) is 6.44. The second-order valence-corrected chi connectivity index (χ2v) is 4.50. The Labute approximate surface area is 112 Å². The third-order valence-corrected chi connectivity index (χ3v) is 3.13. The predicted molar refractivity (Wildman–Crippen MR) is 71.8 cm³/mol. The van der Waals surface area contributed by atoms with E-state index in [0.717, 1.165) is 11.3 Å². The smallest absolute Gasteiger partial charge is 0.264 e. The molecule has 0 aromatic heterocycles. The highest BCUT2D eigenvalue weighted by Gasteiger charge is 2.29. The van der Waals surface area contributed by atoms with Crippen LogP contribution in [-0.4, -0.2) is 35.5 Å². The summed E-state index contributed by atoms with van der Waals surface area (Å²) in [5.41, 5.74) is 1.74. The van der Waals surface area contributed by atoms with Crippen molar-refractivity contribution in [3.05, 3.63) is 35.9 Å². The van der Waals surface area contributed by atoms with Crippen LogP contribution in [0.1, 0.15) is 25.3 Å². The number of oxime groups is 1. The molecule has 1 aliphatic heterocycles. The van der Waals surface area contributed by atoms with Crippen molar-refractivity contribution in [3.8, 4) is 0 Å². The quantitative estimate of drug-likeness (QED) is 0.833. The molecule has 5 nitrogen and oxygen atoms in total. The van der Waals surface area contributed by atoms with E-state index in [1.165, 1.54) is 0 Å². The van der Waals surface area contributed by atoms with Gasteiger partial charge in [0, 0.05) is 6.42 Å². The molecule has 2 rings (SSSR count). The summed E-state index contributed by atoms with van der Waals surface area (Å²) in [6, 6.07) is 9.42. The third-order valence-electron chi connectivity index (χ3n) is 3.13. The lowest BCUT2D eigenvalue weighted by Crippen LogP contribution is -2.43. The number of benzene rings is 1. The number of nitrogens with zero attached hydrogens (tertiary/aromatic N) is 1. The molecule has 2 atom stereocenters. The first kappa shape index (κ1) is 13.5. The molecule has 1 aromatic rings. The van der Waals surface area contributed by atoms with Gasteiger partial charge in [-0.3, -0.25) is 4.79 Å². The summed E-state index contributed by atoms with van der Waals surface area (Å²) in [7, 11) is 0. The Morgan fingerprint density at radius 2 is 2.26 bits per heavy atom. The largest absolute Gasteiger partial charge is 0.394 e. The minimum absolute atomic E-state index is 0.0681. The van der Waals surface area contributed by atoms with Crippen molar-refractivity contribution in [3.63, 3.8) is 0 Å². The second kappa shape index (κ2) is 6.33. The van der Waals surface area contributed by atoms with Crippen LogP contribution in [-0.2, 0) is 9.63 Å². The molecule has 0 spiro atoms. The van der Waals surface area contributed by atoms with Crippen LogP contribution in [0.5, 0.6) is 0 Å². The molecule has 1 heterocycles. The molecule has 0 saturated heterocycles. The zero-order chi connectivity index (χ0) is 13.7. The van der Waals surface area contributed by atoms with Crippen LogP contribution in [0, 0.1) is 0 Å². The zero-order valence-electron chi connectivity index (χ0n) is 10.9. The number of hydrogen-bond acceptors (Lipinski definition) is 4. The van der Waals surface area contributed by atoms with Gasteiger partial charge in [0.15, 0.2) is 0 Å². The molecular weight excluding hydrogens is 244 g/mol. The van der Waals surface area contributed by atoms with Gasteiger partial charge in [-0.15, -0.1) is 0 Å². The second-order valence-electron chi connectivity index (χ2n) is 4.50. The number of nitrogens with one attached hydrogen (secondary N) is 1. The van der Waals surface area contributed by atoms with Crippen LogP contribution in [0.25, 0.3) is 0 Å². The summed E-state index contributed by atoms with van der Waals surface area (Å²) in [5, 5.41) is 15.8. The molecular formula is C14H18N2O3. The molecule has 1 amide bonds. The van der Waals surface area contributed by atoms with Crippen molar-refractivity contribution in [1.82, 2.24) is 5.32 Å². The van der Waals surface area contributed by atoms with E-state index in [9.17, 15) is 4.79 Å². The van der Waals surface area contributed by atoms with E-state index in [-0.39, 0.29) is 18.6 Å². The van der Waals surface area contributed by atoms with E-state index in [0.29, 0.717) is 12.8 Å². The summed E-state index contributed by atoms with van der Waals surface area (Å²) in [6.07, 6.45) is 0.537. The Bertz CT molecular complexity index is 455. The predicted octanol–water partition coefficient (Wildman–Crippen LogP) is 1.07. The van der Waals surface area contributed by atoms with Gasteiger partial charge in [0.2, 0.25) is 6.10 Å². The number of carbonyl (C=O) groups is 1. The Morgan fingerprint density at radius 3 is 2.89 bits per heavy atom. The Morgan fingerprint density at radius 1 is 1.53 bits per heavy atom. The average Bonchev–Trinajstić information content (AvgIpc) is 2.95. The highest BCUT2D eigenvalue weighted by molar-refractivity contribution is 6.04. The summed E-state index contributed by atoms with van der Waals surface area (Å²) < 4.78 is 0. The van der Waals surface area contributed by atoms with Crippen LogP contribution < -0.4 is 5.32 Å². The topological polar surface area (TPSA) is 70.9 Å². The van der Waals surface area contributed by atoms with E-state index < -0.39 is 6.10 Å². The maximum atomic E-state index is 11.9. The van der Waals surface area contributed by atoms with Crippen molar-refractivity contribution in [2.24, 2.45) is 5.16 Å². The van der Waals surface area contributed by atoms with E-state index >= 15 is 0 Å². The SMILES string of the molecule is CCC(CO)NC(=O)C1CC(c2ccccc2)=NO1. The maximum absolute atomic E-state index is 11.9. The third kappa shape index (κ3) is 3.32. The molecule has 2 N–H and O–H groups in total. The molecule has 2 unspecified atom stereocenters. The lowest BCUT2D eigenvalue weighted by molar-refractivity contribution is -0.132. The Hall–Kier alpha value is -1.88. The van der Waals surface area contributed by atoms with Crippen LogP contribution >= 0.6 is 0 Å². The summed E-state index contributed by atoms with van der Waals surface area (Å²) in [5.74, 6) is -0.226. The van der Waals surface area contributed by atoms with Gasteiger partial charge in [0.1, 0.15) is 0 Å². The number of rotatable bonds is 5. The summed E-state index contributed by atoms with van der Waals surface area (Å²) >= 11 is 0. The van der Waals surface area contributed by atoms with Gasteiger partial charge in [0.05, 0.1) is 18.4 Å². The molecule has 102 valence electrons. The normalized spacial score (nSPS) is 19.5. The number of aliphatic hydroxyl groups is 1. The van der Waals surface area contributed by atoms with Gasteiger partial charge in [-0.1, -0.05) is 42.4 Å². The molecule has 1 aromatic carbocycles. The fraction of sp³-hybridized carbons (Fsp3) is 0.429. The number of amides is 1. The van der Waals surface area contributed by atoms with E-state index in [1.54, 1.807) is 0 Å². The minimum Gasteiger partial charge on any atom is -0.394 e. The number of carbonyl (C=O) groups excluding carboxylic acids is 1. The van der Waals surface area contributed by atoms with Gasteiger partial charge >= 0.3 is 0 Å².